The molecule has 0 spiro atoms. The molecule has 0 atom stereocenters. The summed E-state index contributed by atoms with van der Waals surface area (Å²) in [7, 11) is 0. The molecule has 90 valence electrons. The van der Waals surface area contributed by atoms with Gasteiger partial charge in [-0.05, 0) is 25.9 Å². The average molecular weight is 222 g/mol. The van der Waals surface area contributed by atoms with Crippen molar-refractivity contribution >= 4 is 0 Å². The Morgan fingerprint density at radius 1 is 1.56 bits per heavy atom. The number of imidazole rings is 1. The maximum atomic E-state index is 5.58. The molecule has 0 bridgehead atoms. The number of nitrogens with two attached hydrogens (primary N) is 1. The standard InChI is InChI=1S/C12H22N4/c1-2-15(11-3-4-11)7-8-16-10-14-9-12(16)5-6-13/h9-11H,2-8,13H2,1H3. The van der Waals surface area contributed by atoms with E-state index < -0.39 is 0 Å². The van der Waals surface area contributed by atoms with Crippen LogP contribution >= 0.6 is 0 Å². The van der Waals surface area contributed by atoms with E-state index >= 15 is 0 Å². The number of likely N-dealkylation sites (N-methyl/N-ethyl adjacent to an activating group) is 1. The number of hydrogen-bond donors (Lipinski definition) is 1. The van der Waals surface area contributed by atoms with Crippen molar-refractivity contribution in [3.05, 3.63) is 18.2 Å². The van der Waals surface area contributed by atoms with Crippen molar-refractivity contribution in [2.75, 3.05) is 19.6 Å². The van der Waals surface area contributed by atoms with E-state index in [-0.39, 0.29) is 0 Å². The van der Waals surface area contributed by atoms with Crippen LogP contribution in [0.15, 0.2) is 12.5 Å². The average Bonchev–Trinajstić information content (AvgIpc) is 3.03. The van der Waals surface area contributed by atoms with Crippen molar-refractivity contribution < 1.29 is 0 Å². The lowest BCUT2D eigenvalue weighted by Gasteiger charge is -2.20. The fourth-order valence-corrected chi connectivity index (χ4v) is 2.18. The molecule has 4 nitrogen and oxygen atoms in total. The molecule has 1 aromatic heterocycles. The summed E-state index contributed by atoms with van der Waals surface area (Å²) in [5.74, 6) is 0. The van der Waals surface area contributed by atoms with Crippen LogP contribution in [0.25, 0.3) is 0 Å². The molecule has 0 unspecified atom stereocenters. The Labute approximate surface area is 97.4 Å². The van der Waals surface area contributed by atoms with Gasteiger partial charge in [0.25, 0.3) is 0 Å². The zero-order chi connectivity index (χ0) is 11.4. The molecular formula is C12H22N4. The van der Waals surface area contributed by atoms with Gasteiger partial charge < -0.3 is 10.3 Å². The molecular weight excluding hydrogens is 200 g/mol. The third kappa shape index (κ3) is 2.83. The smallest absolute Gasteiger partial charge is 0.0948 e. The second-order valence-electron chi connectivity index (χ2n) is 4.48. The highest BCUT2D eigenvalue weighted by atomic mass is 15.2. The maximum Gasteiger partial charge on any atom is 0.0948 e. The van der Waals surface area contributed by atoms with Crippen LogP contribution in [0.2, 0.25) is 0 Å². The number of rotatable bonds is 7. The largest absolute Gasteiger partial charge is 0.333 e. The molecule has 1 fully saturated rings. The van der Waals surface area contributed by atoms with E-state index in [1.54, 1.807) is 0 Å². The summed E-state index contributed by atoms with van der Waals surface area (Å²) in [5, 5.41) is 0. The Morgan fingerprint density at radius 3 is 3.00 bits per heavy atom. The van der Waals surface area contributed by atoms with Crippen LogP contribution in [0, 0.1) is 0 Å². The van der Waals surface area contributed by atoms with Crippen molar-refractivity contribution in [2.24, 2.45) is 5.73 Å². The molecule has 1 aliphatic carbocycles. The Bertz CT molecular complexity index is 317. The molecule has 4 heteroatoms. The summed E-state index contributed by atoms with van der Waals surface area (Å²) in [5.41, 5.74) is 6.84. The highest BCUT2D eigenvalue weighted by molar-refractivity contribution is 4.99. The van der Waals surface area contributed by atoms with Crippen LogP contribution in [-0.4, -0.2) is 40.1 Å². The lowest BCUT2D eigenvalue weighted by molar-refractivity contribution is 0.265. The summed E-state index contributed by atoms with van der Waals surface area (Å²) in [6.45, 7) is 6.28. The molecule has 1 aliphatic rings. The van der Waals surface area contributed by atoms with E-state index in [0.29, 0.717) is 6.54 Å². The summed E-state index contributed by atoms with van der Waals surface area (Å²) in [6.07, 6.45) is 7.54. The van der Waals surface area contributed by atoms with Gasteiger partial charge in [-0.1, -0.05) is 6.92 Å². The quantitative estimate of drug-likeness (QED) is 0.744. The molecule has 1 heterocycles. The van der Waals surface area contributed by atoms with E-state index in [1.807, 2.05) is 12.5 Å². The zero-order valence-electron chi connectivity index (χ0n) is 10.1. The third-order valence-electron chi connectivity index (χ3n) is 3.30. The lowest BCUT2D eigenvalue weighted by Crippen LogP contribution is -2.29. The maximum absolute atomic E-state index is 5.58. The van der Waals surface area contributed by atoms with Crippen LogP contribution in [0.1, 0.15) is 25.5 Å². The first kappa shape index (κ1) is 11.6. The molecule has 0 aliphatic heterocycles. The zero-order valence-corrected chi connectivity index (χ0v) is 10.1. The minimum Gasteiger partial charge on any atom is -0.333 e. The first-order valence-electron chi connectivity index (χ1n) is 6.28. The summed E-state index contributed by atoms with van der Waals surface area (Å²) in [6, 6.07) is 0.853. The number of aromatic nitrogens is 2. The second-order valence-corrected chi connectivity index (χ2v) is 4.48. The molecule has 2 rings (SSSR count). The van der Waals surface area contributed by atoms with Crippen LogP contribution in [0.3, 0.4) is 0 Å². The van der Waals surface area contributed by atoms with E-state index in [2.05, 4.69) is 21.4 Å². The van der Waals surface area contributed by atoms with Gasteiger partial charge in [-0.25, -0.2) is 4.98 Å². The van der Waals surface area contributed by atoms with Gasteiger partial charge in [-0.3, -0.25) is 4.90 Å². The van der Waals surface area contributed by atoms with Gasteiger partial charge in [0.15, 0.2) is 0 Å². The van der Waals surface area contributed by atoms with Gasteiger partial charge >= 0.3 is 0 Å². The Kier molecular flexibility index (Phi) is 3.96. The molecule has 0 aromatic carbocycles. The van der Waals surface area contributed by atoms with E-state index in [1.165, 1.54) is 18.5 Å². The molecule has 16 heavy (non-hydrogen) atoms. The van der Waals surface area contributed by atoms with E-state index in [9.17, 15) is 0 Å². The normalized spacial score (nSPS) is 15.9. The SMILES string of the molecule is CCN(CCn1cncc1CCN)C1CC1. The molecule has 2 N–H and O–H groups in total. The minimum absolute atomic E-state index is 0.700. The van der Waals surface area contributed by atoms with Crippen LogP contribution in [-0.2, 0) is 13.0 Å². The Morgan fingerprint density at radius 2 is 2.38 bits per heavy atom. The van der Waals surface area contributed by atoms with Gasteiger partial charge in [0.2, 0.25) is 0 Å². The first-order chi connectivity index (χ1) is 7.85. The van der Waals surface area contributed by atoms with Crippen molar-refractivity contribution in [1.29, 1.82) is 0 Å². The van der Waals surface area contributed by atoms with Gasteiger partial charge in [-0.15, -0.1) is 0 Å². The van der Waals surface area contributed by atoms with Crippen molar-refractivity contribution in [2.45, 2.75) is 38.8 Å². The molecule has 1 aromatic rings. The highest BCUT2D eigenvalue weighted by Crippen LogP contribution is 2.26. The topological polar surface area (TPSA) is 47.1 Å². The molecule has 0 saturated heterocycles. The summed E-state index contributed by atoms with van der Waals surface area (Å²) in [4.78, 5) is 6.76. The van der Waals surface area contributed by atoms with Crippen molar-refractivity contribution in [1.82, 2.24) is 14.5 Å². The summed E-state index contributed by atoms with van der Waals surface area (Å²) >= 11 is 0. The van der Waals surface area contributed by atoms with Gasteiger partial charge in [-0.2, -0.15) is 0 Å². The van der Waals surface area contributed by atoms with Gasteiger partial charge in [0.05, 0.1) is 6.33 Å². The predicted octanol–water partition coefficient (Wildman–Crippen LogP) is 0.869. The fourth-order valence-electron chi connectivity index (χ4n) is 2.18. The van der Waals surface area contributed by atoms with Crippen LogP contribution in [0.5, 0.6) is 0 Å². The first-order valence-corrected chi connectivity index (χ1v) is 6.28. The number of nitrogens with zero attached hydrogens (tertiary/aromatic N) is 3. The monoisotopic (exact) mass is 222 g/mol. The Hall–Kier alpha value is -0.870. The Balaban J connectivity index is 1.85. The predicted molar refractivity (Wildman–Crippen MR) is 65.3 cm³/mol. The van der Waals surface area contributed by atoms with E-state index in [0.717, 1.165) is 32.1 Å². The van der Waals surface area contributed by atoms with Crippen LogP contribution in [0.4, 0.5) is 0 Å². The molecule has 1 saturated carbocycles. The lowest BCUT2D eigenvalue weighted by atomic mass is 10.3. The highest BCUT2D eigenvalue weighted by Gasteiger charge is 2.27. The van der Waals surface area contributed by atoms with Crippen molar-refractivity contribution in [3.63, 3.8) is 0 Å². The second kappa shape index (κ2) is 5.46. The van der Waals surface area contributed by atoms with Gasteiger partial charge in [0.1, 0.15) is 0 Å². The minimum atomic E-state index is 0.700. The van der Waals surface area contributed by atoms with Crippen LogP contribution < -0.4 is 5.73 Å². The summed E-state index contributed by atoms with van der Waals surface area (Å²) < 4.78 is 2.23. The number of hydrogen-bond acceptors (Lipinski definition) is 3. The third-order valence-corrected chi connectivity index (χ3v) is 3.30. The van der Waals surface area contributed by atoms with E-state index in [4.69, 9.17) is 5.73 Å². The van der Waals surface area contributed by atoms with Gasteiger partial charge in [0, 0.05) is 37.4 Å². The molecule has 0 amide bonds. The molecule has 0 radical (unpaired) electrons. The fraction of sp³-hybridized carbons (Fsp3) is 0.750. The van der Waals surface area contributed by atoms with Crippen molar-refractivity contribution in [3.8, 4) is 0 Å².